The minimum absolute atomic E-state index is 0.665. The first-order valence-corrected chi connectivity index (χ1v) is 6.30. The van der Waals surface area contributed by atoms with Crippen molar-refractivity contribution in [3.63, 3.8) is 0 Å². The molecule has 72 valence electrons. The second kappa shape index (κ2) is 4.74. The Kier molecular flexibility index (Phi) is 4.23. The highest BCUT2D eigenvalue weighted by Gasteiger charge is 2.24. The highest BCUT2D eigenvalue weighted by atomic mass is 33.1. The van der Waals surface area contributed by atoms with E-state index in [9.17, 15) is 0 Å². The number of hydrogen-bond acceptors (Lipinski definition) is 4. The van der Waals surface area contributed by atoms with Gasteiger partial charge in [-0.3, -0.25) is 4.90 Å². The van der Waals surface area contributed by atoms with Crippen molar-refractivity contribution >= 4 is 22.6 Å². The van der Waals surface area contributed by atoms with E-state index in [1.807, 2.05) is 0 Å². The van der Waals surface area contributed by atoms with E-state index in [0.717, 1.165) is 13.1 Å². The molecule has 1 fully saturated rings. The molecule has 0 aliphatic carbocycles. The standard InChI is InChI=1S/C8H18N2S2/c1-7(2)10-5-4-9(12-11)6-8(10)3/h7-8,11H,4-6H2,1-3H3. The first-order chi connectivity index (χ1) is 5.65. The molecule has 0 aromatic heterocycles. The summed E-state index contributed by atoms with van der Waals surface area (Å²) in [4.78, 5) is 2.54. The summed E-state index contributed by atoms with van der Waals surface area (Å²) in [5.41, 5.74) is 0. The predicted octanol–water partition coefficient (Wildman–Crippen LogP) is 1.89. The van der Waals surface area contributed by atoms with Gasteiger partial charge in [0, 0.05) is 31.7 Å². The molecule has 0 N–H and O–H groups in total. The van der Waals surface area contributed by atoms with Gasteiger partial charge in [0.1, 0.15) is 0 Å². The molecular weight excluding hydrogens is 188 g/mol. The molecular formula is C8H18N2S2. The SMILES string of the molecule is CC(C)N1CCN(SS)CC1C. The Morgan fingerprint density at radius 3 is 2.50 bits per heavy atom. The second-order valence-electron chi connectivity index (χ2n) is 3.65. The third-order valence-electron chi connectivity index (χ3n) is 2.42. The van der Waals surface area contributed by atoms with Gasteiger partial charge in [-0.25, -0.2) is 4.31 Å². The van der Waals surface area contributed by atoms with Gasteiger partial charge in [-0.15, -0.1) is 0 Å². The zero-order valence-electron chi connectivity index (χ0n) is 8.03. The highest BCUT2D eigenvalue weighted by molar-refractivity contribution is 8.67. The molecule has 0 spiro atoms. The quantitative estimate of drug-likeness (QED) is 0.419. The van der Waals surface area contributed by atoms with Gasteiger partial charge < -0.3 is 0 Å². The first kappa shape index (κ1) is 10.7. The summed E-state index contributed by atoms with van der Waals surface area (Å²) in [6.07, 6.45) is 0. The molecule has 0 aromatic carbocycles. The highest BCUT2D eigenvalue weighted by Crippen LogP contribution is 2.20. The normalized spacial score (nSPS) is 28.2. The van der Waals surface area contributed by atoms with Gasteiger partial charge in [-0.2, -0.15) is 0 Å². The van der Waals surface area contributed by atoms with Crippen LogP contribution in [-0.4, -0.2) is 40.9 Å². The third kappa shape index (κ3) is 2.55. The maximum atomic E-state index is 4.21. The van der Waals surface area contributed by atoms with E-state index in [1.165, 1.54) is 6.54 Å². The number of rotatable bonds is 2. The summed E-state index contributed by atoms with van der Waals surface area (Å²) >= 11 is 4.21. The summed E-state index contributed by atoms with van der Waals surface area (Å²) in [6.45, 7) is 10.3. The van der Waals surface area contributed by atoms with Crippen LogP contribution in [0, 0.1) is 0 Å². The van der Waals surface area contributed by atoms with Crippen molar-refractivity contribution in [1.82, 2.24) is 9.21 Å². The zero-order valence-corrected chi connectivity index (χ0v) is 9.74. The van der Waals surface area contributed by atoms with Crippen LogP contribution in [0.5, 0.6) is 0 Å². The van der Waals surface area contributed by atoms with Crippen molar-refractivity contribution in [2.24, 2.45) is 0 Å². The van der Waals surface area contributed by atoms with Crippen LogP contribution in [0.25, 0.3) is 0 Å². The molecule has 2 nitrogen and oxygen atoms in total. The molecule has 4 heteroatoms. The van der Waals surface area contributed by atoms with Gasteiger partial charge >= 0.3 is 0 Å². The first-order valence-electron chi connectivity index (χ1n) is 4.47. The van der Waals surface area contributed by atoms with Crippen molar-refractivity contribution in [2.45, 2.75) is 32.9 Å². The second-order valence-corrected chi connectivity index (χ2v) is 4.82. The zero-order chi connectivity index (χ0) is 9.14. The van der Waals surface area contributed by atoms with Crippen LogP contribution in [0.15, 0.2) is 0 Å². The molecule has 0 radical (unpaired) electrons. The van der Waals surface area contributed by atoms with E-state index in [4.69, 9.17) is 0 Å². The minimum atomic E-state index is 0.665. The Balaban J connectivity index is 2.42. The van der Waals surface area contributed by atoms with E-state index < -0.39 is 0 Å². The van der Waals surface area contributed by atoms with Crippen molar-refractivity contribution in [3.8, 4) is 0 Å². The summed E-state index contributed by atoms with van der Waals surface area (Å²) in [5, 5.41) is 0. The molecule has 0 bridgehead atoms. The van der Waals surface area contributed by atoms with Gasteiger partial charge in [0.05, 0.1) is 0 Å². The van der Waals surface area contributed by atoms with Crippen LogP contribution in [0.3, 0.4) is 0 Å². The lowest BCUT2D eigenvalue weighted by molar-refractivity contribution is 0.103. The van der Waals surface area contributed by atoms with Crippen LogP contribution in [0.2, 0.25) is 0 Å². The molecule has 0 aromatic rings. The maximum Gasteiger partial charge on any atom is 0.0252 e. The molecule has 0 amide bonds. The average molecular weight is 206 g/mol. The lowest BCUT2D eigenvalue weighted by atomic mass is 10.2. The average Bonchev–Trinajstić information content (AvgIpc) is 2.03. The van der Waals surface area contributed by atoms with E-state index in [1.54, 1.807) is 11.0 Å². The van der Waals surface area contributed by atoms with E-state index >= 15 is 0 Å². The Morgan fingerprint density at radius 2 is 2.08 bits per heavy atom. The van der Waals surface area contributed by atoms with Gasteiger partial charge in [-0.05, 0) is 31.8 Å². The Labute approximate surface area is 84.6 Å². The third-order valence-corrected chi connectivity index (χ3v) is 3.68. The van der Waals surface area contributed by atoms with E-state index in [-0.39, 0.29) is 0 Å². The van der Waals surface area contributed by atoms with Crippen LogP contribution in [-0.2, 0) is 0 Å². The molecule has 1 unspecified atom stereocenters. The Hall–Kier alpha value is 0.620. The van der Waals surface area contributed by atoms with E-state index in [0.29, 0.717) is 12.1 Å². The predicted molar refractivity (Wildman–Crippen MR) is 59.5 cm³/mol. The fourth-order valence-corrected chi connectivity index (χ4v) is 2.67. The van der Waals surface area contributed by atoms with E-state index in [2.05, 4.69) is 41.6 Å². The number of thiol groups is 1. The monoisotopic (exact) mass is 206 g/mol. The molecule has 1 rings (SSSR count). The summed E-state index contributed by atoms with van der Waals surface area (Å²) in [6, 6.07) is 1.34. The molecule has 0 saturated carbocycles. The minimum Gasteiger partial charge on any atom is -0.296 e. The van der Waals surface area contributed by atoms with Gasteiger partial charge in [-0.1, -0.05) is 11.7 Å². The van der Waals surface area contributed by atoms with Crippen molar-refractivity contribution in [2.75, 3.05) is 19.6 Å². The summed E-state index contributed by atoms with van der Waals surface area (Å²) < 4.78 is 2.31. The lowest BCUT2D eigenvalue weighted by Crippen LogP contribution is -2.51. The molecule has 1 aliphatic heterocycles. The number of piperazine rings is 1. The number of nitrogens with zero attached hydrogens (tertiary/aromatic N) is 2. The number of hydrogen-bond donors (Lipinski definition) is 1. The summed E-state index contributed by atoms with van der Waals surface area (Å²) in [5.74, 6) is 0. The fraction of sp³-hybridized carbons (Fsp3) is 1.00. The van der Waals surface area contributed by atoms with Crippen LogP contribution in [0.4, 0.5) is 0 Å². The van der Waals surface area contributed by atoms with Gasteiger partial charge in [0.2, 0.25) is 0 Å². The van der Waals surface area contributed by atoms with Crippen molar-refractivity contribution in [1.29, 1.82) is 0 Å². The molecule has 12 heavy (non-hydrogen) atoms. The molecule has 1 atom stereocenters. The van der Waals surface area contributed by atoms with Crippen molar-refractivity contribution in [3.05, 3.63) is 0 Å². The van der Waals surface area contributed by atoms with Gasteiger partial charge in [0.25, 0.3) is 0 Å². The molecule has 1 aliphatic rings. The Morgan fingerprint density at radius 1 is 1.42 bits per heavy atom. The van der Waals surface area contributed by atoms with Crippen LogP contribution < -0.4 is 0 Å². The largest absolute Gasteiger partial charge is 0.296 e. The smallest absolute Gasteiger partial charge is 0.0252 e. The molecule has 1 heterocycles. The summed E-state index contributed by atoms with van der Waals surface area (Å²) in [7, 11) is 1.56. The van der Waals surface area contributed by atoms with Gasteiger partial charge in [0.15, 0.2) is 0 Å². The van der Waals surface area contributed by atoms with Crippen molar-refractivity contribution < 1.29 is 0 Å². The fourth-order valence-electron chi connectivity index (χ4n) is 1.78. The molecule has 1 saturated heterocycles. The maximum absolute atomic E-state index is 4.21. The topological polar surface area (TPSA) is 6.48 Å². The van der Waals surface area contributed by atoms with Crippen LogP contribution in [0.1, 0.15) is 20.8 Å². The Bertz CT molecular complexity index is 141. The lowest BCUT2D eigenvalue weighted by Gasteiger charge is -2.40. The van der Waals surface area contributed by atoms with Crippen LogP contribution >= 0.6 is 22.6 Å².